The molecule has 3 aromatic carbocycles. The lowest BCUT2D eigenvalue weighted by Crippen LogP contribution is -2.39. The van der Waals surface area contributed by atoms with Crippen LogP contribution < -0.4 is 4.72 Å². The first-order valence-electron chi connectivity index (χ1n) is 14.5. The Morgan fingerprint density at radius 3 is 2.20 bits per heavy atom. The maximum atomic E-state index is 13.5. The van der Waals surface area contributed by atoms with Crippen LogP contribution in [0.15, 0.2) is 89.0 Å². The Kier molecular flexibility index (Phi) is 9.44. The van der Waals surface area contributed by atoms with E-state index in [0.717, 1.165) is 38.4 Å². The number of rotatable bonds is 11. The molecule has 4 aromatic rings. The smallest absolute Gasteiger partial charge is 0.435 e. The van der Waals surface area contributed by atoms with Gasteiger partial charge >= 0.3 is 6.18 Å². The number of aromatic nitrogens is 2. The van der Waals surface area contributed by atoms with Crippen LogP contribution in [-0.4, -0.2) is 70.6 Å². The number of hydrazine groups is 1. The second-order valence-electron chi connectivity index (χ2n) is 10.9. The lowest BCUT2D eigenvalue weighted by molar-refractivity contribution is -0.706. The van der Waals surface area contributed by atoms with Crippen molar-refractivity contribution in [2.45, 2.75) is 37.6 Å². The summed E-state index contributed by atoms with van der Waals surface area (Å²) in [5.74, 6) is -2.22. The molecule has 1 aromatic heterocycles. The number of halogens is 3. The Bertz CT molecular complexity index is 2010. The molecule has 1 atom stereocenters. The Hall–Kier alpha value is -5.78. The van der Waals surface area contributed by atoms with E-state index >= 15 is 0 Å². The zero-order valence-electron chi connectivity index (χ0n) is 26.1. The van der Waals surface area contributed by atoms with E-state index in [1.54, 1.807) is 36.4 Å². The number of amides is 3. The fraction of sp³-hybridized carbons (Fsp3) is 0.226. The lowest BCUT2D eigenvalue weighted by Gasteiger charge is -2.19. The van der Waals surface area contributed by atoms with Gasteiger partial charge in [-0.2, -0.15) is 18.3 Å². The summed E-state index contributed by atoms with van der Waals surface area (Å²) < 4.78 is 69.2. The normalized spacial score (nSPS) is 14.1. The van der Waals surface area contributed by atoms with Gasteiger partial charge in [-0.25, -0.2) is 22.7 Å². The molecule has 1 N–H and O–H groups in total. The highest BCUT2D eigenvalue weighted by atomic mass is 32.2. The number of nitrogens with zero attached hydrogens (tertiary/aromatic N) is 6. The van der Waals surface area contributed by atoms with Gasteiger partial charge < -0.3 is 10.0 Å². The van der Waals surface area contributed by atoms with Crippen LogP contribution in [-0.2, 0) is 25.8 Å². The number of nitrogens with one attached hydrogen (secondary N) is 1. The number of imide groups is 1. The molecular weight excluding hydrogens is 671 g/mol. The Morgan fingerprint density at radius 1 is 1.04 bits per heavy atom. The van der Waals surface area contributed by atoms with Crippen molar-refractivity contribution in [3.8, 4) is 16.9 Å². The molecule has 0 radical (unpaired) electrons. The van der Waals surface area contributed by atoms with Gasteiger partial charge in [0.25, 0.3) is 21.8 Å². The van der Waals surface area contributed by atoms with Crippen LogP contribution in [0, 0.1) is 12.1 Å². The summed E-state index contributed by atoms with van der Waals surface area (Å²) in [6, 6.07) is 18.5. The van der Waals surface area contributed by atoms with Crippen molar-refractivity contribution < 1.29 is 45.8 Å². The molecule has 3 amide bonds. The van der Waals surface area contributed by atoms with E-state index in [2.05, 4.69) is 10.4 Å². The van der Waals surface area contributed by atoms with Crippen LogP contribution in [0.25, 0.3) is 16.9 Å². The van der Waals surface area contributed by atoms with Gasteiger partial charge in [0.1, 0.15) is 0 Å². The van der Waals surface area contributed by atoms with Crippen LogP contribution in [0.5, 0.6) is 0 Å². The van der Waals surface area contributed by atoms with Gasteiger partial charge in [0.15, 0.2) is 5.69 Å². The molecule has 2 heterocycles. The number of benzene rings is 3. The van der Waals surface area contributed by atoms with Crippen LogP contribution in [0.2, 0.25) is 0 Å². The van der Waals surface area contributed by atoms with Crippen molar-refractivity contribution in [2.24, 2.45) is 5.28 Å². The highest BCUT2D eigenvalue weighted by Crippen LogP contribution is 2.33. The largest absolute Gasteiger partial charge is 0.569 e. The minimum absolute atomic E-state index is 0.0421. The van der Waals surface area contributed by atoms with Crippen molar-refractivity contribution in [1.29, 1.82) is 0 Å². The van der Waals surface area contributed by atoms with Crippen molar-refractivity contribution in [2.75, 3.05) is 13.6 Å². The number of carbonyl (C=O) groups is 3. The third-order valence-corrected chi connectivity index (χ3v) is 8.79. The molecule has 49 heavy (non-hydrogen) atoms. The number of carbonyl (C=O) groups excluding carboxylic acids is 3. The van der Waals surface area contributed by atoms with E-state index < -0.39 is 52.3 Å². The van der Waals surface area contributed by atoms with Crippen molar-refractivity contribution in [1.82, 2.24) is 24.4 Å². The molecule has 0 spiro atoms. The lowest BCUT2D eigenvalue weighted by atomic mass is 10.1. The third-order valence-electron chi connectivity index (χ3n) is 7.40. The quantitative estimate of drug-likeness (QED) is 0.103. The fourth-order valence-electron chi connectivity index (χ4n) is 4.78. The van der Waals surface area contributed by atoms with Gasteiger partial charge in [-0.05, 0) is 56.3 Å². The SMILES string of the molecule is Cc1ccc(-c2cc(C(F)(F)F)nn2-c2ccc(S(=O)(=O)NC(=O)CCN(C)/[N+]([O-])=N\OC(C)N3C(=O)c4ccccc4C3=O)cc2)cc1. The minimum atomic E-state index is -4.73. The maximum Gasteiger partial charge on any atom is 0.435 e. The molecule has 18 heteroatoms. The van der Waals surface area contributed by atoms with Crippen LogP contribution >= 0.6 is 0 Å². The monoisotopic (exact) mass is 699 g/mol. The molecule has 5 rings (SSSR count). The van der Waals surface area contributed by atoms with Gasteiger partial charge in [-0.1, -0.05) is 42.0 Å². The van der Waals surface area contributed by atoms with Gasteiger partial charge in [0.05, 0.1) is 52.4 Å². The van der Waals surface area contributed by atoms with Crippen LogP contribution in [0.3, 0.4) is 0 Å². The minimum Gasteiger partial charge on any atom is -0.569 e. The summed E-state index contributed by atoms with van der Waals surface area (Å²) in [6.45, 7) is 2.84. The maximum absolute atomic E-state index is 13.5. The van der Waals surface area contributed by atoms with Gasteiger partial charge in [-0.15, -0.1) is 5.01 Å². The first kappa shape index (κ1) is 34.6. The predicted molar refractivity (Wildman–Crippen MR) is 165 cm³/mol. The van der Waals surface area contributed by atoms with E-state index in [1.807, 2.05) is 11.6 Å². The van der Waals surface area contributed by atoms with Crippen molar-refractivity contribution >= 4 is 27.7 Å². The van der Waals surface area contributed by atoms with E-state index in [-0.39, 0.29) is 38.9 Å². The number of hydrogen-bond donors (Lipinski definition) is 1. The van der Waals surface area contributed by atoms with Crippen LogP contribution in [0.4, 0.5) is 13.2 Å². The molecule has 0 aliphatic carbocycles. The number of sulfonamides is 1. The molecule has 0 saturated heterocycles. The summed E-state index contributed by atoms with van der Waals surface area (Å²) in [4.78, 5) is 43.1. The number of fused-ring (bicyclic) bond motifs is 1. The summed E-state index contributed by atoms with van der Waals surface area (Å²) >= 11 is 0. The third kappa shape index (κ3) is 7.38. The molecule has 0 fully saturated rings. The van der Waals surface area contributed by atoms with E-state index in [1.165, 1.54) is 38.2 Å². The molecule has 1 aliphatic heterocycles. The predicted octanol–water partition coefficient (Wildman–Crippen LogP) is 4.44. The highest BCUT2D eigenvalue weighted by Gasteiger charge is 2.40. The molecular formula is C31H28F3N7O7S. The number of alkyl halides is 3. The van der Waals surface area contributed by atoms with Gasteiger partial charge in [0.2, 0.25) is 17.4 Å². The first-order valence-corrected chi connectivity index (χ1v) is 16.0. The molecule has 14 nitrogen and oxygen atoms in total. The summed E-state index contributed by atoms with van der Waals surface area (Å²) in [5.41, 5.74) is 0.845. The second-order valence-corrected chi connectivity index (χ2v) is 12.6. The van der Waals surface area contributed by atoms with E-state index in [4.69, 9.17) is 4.84 Å². The first-order chi connectivity index (χ1) is 23.1. The van der Waals surface area contributed by atoms with E-state index in [9.17, 15) is 41.2 Å². The van der Waals surface area contributed by atoms with Gasteiger partial charge in [-0.3, -0.25) is 14.4 Å². The van der Waals surface area contributed by atoms with E-state index in [0.29, 0.717) is 5.56 Å². The zero-order chi connectivity index (χ0) is 35.7. The molecule has 1 aliphatic rings. The number of aryl methyl sites for hydroxylation is 1. The molecule has 1 unspecified atom stereocenters. The van der Waals surface area contributed by atoms with Crippen molar-refractivity contribution in [3.63, 3.8) is 0 Å². The second kappa shape index (κ2) is 13.4. The molecule has 0 bridgehead atoms. The summed E-state index contributed by atoms with van der Waals surface area (Å²) in [5, 5.41) is 20.2. The Balaban J connectivity index is 1.19. The van der Waals surface area contributed by atoms with Crippen molar-refractivity contribution in [3.05, 3.63) is 106 Å². The zero-order valence-corrected chi connectivity index (χ0v) is 26.9. The topological polar surface area (TPSA) is 169 Å². The summed E-state index contributed by atoms with van der Waals surface area (Å²) in [6.07, 6.45) is -6.45. The molecule has 0 saturated carbocycles. The highest BCUT2D eigenvalue weighted by molar-refractivity contribution is 7.90. The molecule has 256 valence electrons. The van der Waals surface area contributed by atoms with Gasteiger partial charge in [0, 0.05) is 5.56 Å². The standard InChI is InChI=1S/C31H28F3N7O7S/c1-19-8-10-21(11-9-19)26-18-27(31(32,33)34)35-40(26)22-12-14-23(15-13-22)49(46,47)36-28(42)16-17-38(3)41(45)37-48-20(2)39-29(43)24-6-4-5-7-25(24)30(39)44/h4-15,18,20H,16-17H2,1-3H3,(H,36,42)/b41-37+. The number of hydrogen-bond acceptors (Lipinski definition) is 9. The summed E-state index contributed by atoms with van der Waals surface area (Å²) in [7, 11) is -3.18. The Morgan fingerprint density at radius 2 is 1.63 bits per heavy atom. The Labute approximate surface area is 277 Å². The van der Waals surface area contributed by atoms with Crippen LogP contribution in [0.1, 0.15) is 45.3 Å². The average Bonchev–Trinajstić information content (AvgIpc) is 3.62. The fourth-order valence-corrected chi connectivity index (χ4v) is 5.79. The average molecular weight is 700 g/mol.